The van der Waals surface area contributed by atoms with Gasteiger partial charge in [0.15, 0.2) is 0 Å². The minimum atomic E-state index is -2.88. The number of carbonyl (C=O) groups excluding carboxylic acids is 1. The molecule has 3 aromatic rings. The van der Waals surface area contributed by atoms with Crippen molar-refractivity contribution in [1.82, 2.24) is 4.98 Å². The highest BCUT2D eigenvalue weighted by Crippen LogP contribution is 2.13. The van der Waals surface area contributed by atoms with Crippen LogP contribution in [-0.2, 0) is 9.73 Å². The fraction of sp³-hybridized carbons (Fsp3) is 0.0455. The summed E-state index contributed by atoms with van der Waals surface area (Å²) in [5.74, 6) is 4.01. The average molecular weight is 404 g/mol. The van der Waals surface area contributed by atoms with E-state index >= 15 is 0 Å². The highest BCUT2D eigenvalue weighted by molar-refractivity contribution is 7.93. The lowest BCUT2D eigenvalue weighted by atomic mass is 10.1. The molecule has 6 nitrogen and oxygen atoms in total. The van der Waals surface area contributed by atoms with E-state index in [1.54, 1.807) is 42.5 Å². The summed E-state index contributed by atoms with van der Waals surface area (Å²) in [5.41, 5.74) is 1.28. The minimum absolute atomic E-state index is 0.135. The Balaban J connectivity index is 1.88. The van der Waals surface area contributed by atoms with Crippen LogP contribution in [0.3, 0.4) is 0 Å². The number of carboxylic acids is 1. The first-order valence-corrected chi connectivity index (χ1v) is 10.4. The Hall–Kier alpha value is -3.76. The molecule has 0 fully saturated rings. The molecule has 29 heavy (non-hydrogen) atoms. The largest absolute Gasteiger partial charge is 0.478 e. The van der Waals surface area contributed by atoms with Crippen molar-refractivity contribution in [3.63, 3.8) is 0 Å². The monoisotopic (exact) mass is 404 g/mol. The standard InChI is InChI=1S/C22H16N2O4S/c1-29(28,20-8-3-2-4-9-20)24-21(25)19-13-17(14-23-15-19)11-10-16-6-5-7-18(12-16)22(26)27/h2-9,12-15H,1H3,(H,26,27)/t29-/m0/s1. The summed E-state index contributed by atoms with van der Waals surface area (Å²) in [6.45, 7) is 0. The van der Waals surface area contributed by atoms with Crippen LogP contribution in [0.2, 0.25) is 0 Å². The van der Waals surface area contributed by atoms with Crippen molar-refractivity contribution < 1.29 is 18.9 Å². The van der Waals surface area contributed by atoms with Crippen LogP contribution < -0.4 is 0 Å². The highest BCUT2D eigenvalue weighted by atomic mass is 32.2. The molecule has 0 bridgehead atoms. The number of hydrogen-bond acceptors (Lipinski definition) is 4. The number of benzene rings is 2. The van der Waals surface area contributed by atoms with E-state index < -0.39 is 21.6 Å². The summed E-state index contributed by atoms with van der Waals surface area (Å²) in [6.07, 6.45) is 4.22. The lowest BCUT2D eigenvalue weighted by Crippen LogP contribution is -2.04. The Morgan fingerprint density at radius 1 is 0.931 bits per heavy atom. The first-order chi connectivity index (χ1) is 13.8. The Bertz CT molecular complexity index is 1260. The van der Waals surface area contributed by atoms with E-state index in [0.29, 0.717) is 16.0 Å². The minimum Gasteiger partial charge on any atom is -0.478 e. The number of rotatable bonds is 3. The van der Waals surface area contributed by atoms with E-state index in [1.165, 1.54) is 36.8 Å². The number of carboxylic acid groups (broad SMARTS) is 1. The summed E-state index contributed by atoms with van der Waals surface area (Å²) in [6, 6.07) is 16.3. The molecule has 7 heteroatoms. The van der Waals surface area contributed by atoms with Gasteiger partial charge in [0.05, 0.1) is 20.9 Å². The third-order valence-electron chi connectivity index (χ3n) is 3.88. The molecule has 1 heterocycles. The lowest BCUT2D eigenvalue weighted by molar-refractivity contribution is 0.0696. The number of aromatic carboxylic acids is 1. The van der Waals surface area contributed by atoms with Crippen molar-refractivity contribution in [3.8, 4) is 11.8 Å². The molecule has 1 amide bonds. The topological polar surface area (TPSA) is 96.7 Å². The number of hydrogen-bond donors (Lipinski definition) is 1. The van der Waals surface area contributed by atoms with Gasteiger partial charge in [-0.15, -0.1) is 0 Å². The third-order valence-corrected chi connectivity index (χ3v) is 5.54. The predicted molar refractivity (Wildman–Crippen MR) is 109 cm³/mol. The molecule has 0 radical (unpaired) electrons. The second kappa shape index (κ2) is 8.50. The van der Waals surface area contributed by atoms with E-state index in [1.807, 2.05) is 0 Å². The Morgan fingerprint density at radius 2 is 1.62 bits per heavy atom. The van der Waals surface area contributed by atoms with Crippen molar-refractivity contribution in [2.24, 2.45) is 4.36 Å². The third kappa shape index (κ3) is 5.15. The van der Waals surface area contributed by atoms with E-state index in [-0.39, 0.29) is 11.1 Å². The van der Waals surface area contributed by atoms with Crippen LogP contribution in [-0.4, -0.2) is 32.4 Å². The van der Waals surface area contributed by atoms with Crippen molar-refractivity contribution in [2.75, 3.05) is 6.26 Å². The van der Waals surface area contributed by atoms with Crippen LogP contribution in [0.1, 0.15) is 31.8 Å². The second-order valence-electron chi connectivity index (χ2n) is 6.11. The molecule has 2 aromatic carbocycles. The smallest absolute Gasteiger partial charge is 0.335 e. The zero-order chi connectivity index (χ0) is 20.9. The summed E-state index contributed by atoms with van der Waals surface area (Å²) < 4.78 is 16.6. The second-order valence-corrected chi connectivity index (χ2v) is 8.37. The number of carbonyl (C=O) groups is 2. The summed E-state index contributed by atoms with van der Waals surface area (Å²) in [7, 11) is -2.88. The lowest BCUT2D eigenvalue weighted by Gasteiger charge is -2.03. The van der Waals surface area contributed by atoms with Gasteiger partial charge in [0.2, 0.25) is 0 Å². The fourth-order valence-corrected chi connectivity index (χ4v) is 3.63. The quantitative estimate of drug-likeness (QED) is 0.674. The fourth-order valence-electron chi connectivity index (χ4n) is 2.44. The maximum atomic E-state index is 12.8. The van der Waals surface area contributed by atoms with Crippen LogP contribution in [0.25, 0.3) is 0 Å². The van der Waals surface area contributed by atoms with E-state index in [0.717, 1.165) is 0 Å². The molecule has 0 saturated heterocycles. The average Bonchev–Trinajstić information content (AvgIpc) is 2.73. The predicted octanol–water partition coefficient (Wildman–Crippen LogP) is 3.48. The molecule has 144 valence electrons. The SMILES string of the molecule is C[S@@](=O)(=NC(=O)c1cncc(C#Cc2cccc(C(=O)O)c2)c1)c1ccccc1. The molecular formula is C22H16N2O4S. The molecular weight excluding hydrogens is 388 g/mol. The Labute approximate surface area is 168 Å². The van der Waals surface area contributed by atoms with E-state index in [9.17, 15) is 13.8 Å². The van der Waals surface area contributed by atoms with Crippen LogP contribution in [0.15, 0.2) is 82.3 Å². The molecule has 0 aliphatic carbocycles. The zero-order valence-electron chi connectivity index (χ0n) is 15.4. The van der Waals surface area contributed by atoms with Gasteiger partial charge in [-0.05, 0) is 36.4 Å². The number of nitrogens with zero attached hydrogens (tertiary/aromatic N) is 2. The van der Waals surface area contributed by atoms with Crippen LogP contribution in [0.5, 0.6) is 0 Å². The molecule has 0 aliphatic heterocycles. The molecule has 1 atom stereocenters. The molecule has 0 unspecified atom stereocenters. The summed E-state index contributed by atoms with van der Waals surface area (Å²) in [5, 5.41) is 9.04. The van der Waals surface area contributed by atoms with Gasteiger partial charge in [0.25, 0.3) is 5.91 Å². The molecule has 0 spiro atoms. The van der Waals surface area contributed by atoms with E-state index in [2.05, 4.69) is 21.2 Å². The van der Waals surface area contributed by atoms with Gasteiger partial charge in [0, 0.05) is 34.7 Å². The molecule has 1 aromatic heterocycles. The summed E-state index contributed by atoms with van der Waals surface area (Å²) in [4.78, 5) is 28.0. The van der Waals surface area contributed by atoms with Gasteiger partial charge in [-0.2, -0.15) is 4.36 Å². The number of pyridine rings is 1. The Kier molecular flexibility index (Phi) is 5.86. The van der Waals surface area contributed by atoms with Crippen LogP contribution in [0.4, 0.5) is 0 Å². The van der Waals surface area contributed by atoms with Gasteiger partial charge in [-0.25, -0.2) is 9.00 Å². The number of aromatic nitrogens is 1. The molecule has 0 aliphatic rings. The first kappa shape index (κ1) is 20.0. The van der Waals surface area contributed by atoms with Crippen LogP contribution >= 0.6 is 0 Å². The number of amides is 1. The maximum Gasteiger partial charge on any atom is 0.335 e. The molecule has 3 rings (SSSR count). The van der Waals surface area contributed by atoms with Crippen molar-refractivity contribution in [2.45, 2.75) is 4.90 Å². The van der Waals surface area contributed by atoms with Crippen molar-refractivity contribution in [1.29, 1.82) is 0 Å². The summed E-state index contributed by atoms with van der Waals surface area (Å²) >= 11 is 0. The van der Waals surface area contributed by atoms with E-state index in [4.69, 9.17) is 5.11 Å². The maximum absolute atomic E-state index is 12.8. The molecule has 1 N–H and O–H groups in total. The van der Waals surface area contributed by atoms with Gasteiger partial charge < -0.3 is 5.11 Å². The van der Waals surface area contributed by atoms with Crippen molar-refractivity contribution >= 4 is 21.6 Å². The molecule has 0 saturated carbocycles. The van der Waals surface area contributed by atoms with Gasteiger partial charge in [-0.1, -0.05) is 36.1 Å². The van der Waals surface area contributed by atoms with Crippen LogP contribution in [0, 0.1) is 11.8 Å². The van der Waals surface area contributed by atoms with Gasteiger partial charge >= 0.3 is 5.97 Å². The first-order valence-electron chi connectivity index (χ1n) is 8.47. The van der Waals surface area contributed by atoms with Crippen molar-refractivity contribution in [3.05, 3.63) is 95.3 Å². The highest BCUT2D eigenvalue weighted by Gasteiger charge is 2.11. The van der Waals surface area contributed by atoms with Gasteiger partial charge in [0.1, 0.15) is 0 Å². The Morgan fingerprint density at radius 3 is 2.34 bits per heavy atom. The normalized spacial score (nSPS) is 12.2. The van der Waals surface area contributed by atoms with Gasteiger partial charge in [-0.3, -0.25) is 9.78 Å². The zero-order valence-corrected chi connectivity index (χ0v) is 16.2.